The number of amides is 3. The van der Waals surface area contributed by atoms with Gasteiger partial charge in [0.1, 0.15) is 29.4 Å². The van der Waals surface area contributed by atoms with Gasteiger partial charge in [0.15, 0.2) is 0 Å². The maximum absolute atomic E-state index is 14.3. The Balaban J connectivity index is 0.00000456. The van der Waals surface area contributed by atoms with Crippen LogP contribution in [-0.2, 0) is 25.5 Å². The van der Waals surface area contributed by atoms with Crippen molar-refractivity contribution in [3.63, 3.8) is 0 Å². The summed E-state index contributed by atoms with van der Waals surface area (Å²) in [5.74, 6) is -3.59. The third-order valence-electron chi connectivity index (χ3n) is 6.26. The van der Waals surface area contributed by atoms with Crippen LogP contribution >= 0.6 is 12.4 Å². The van der Waals surface area contributed by atoms with Crippen LogP contribution in [0.5, 0.6) is 0 Å². The average Bonchev–Trinajstić information content (AvgIpc) is 2.87. The molecule has 8 nitrogen and oxygen atoms in total. The molecule has 1 aliphatic rings. The Morgan fingerprint density at radius 2 is 1.69 bits per heavy atom. The lowest BCUT2D eigenvalue weighted by atomic mass is 9.91. The highest BCUT2D eigenvalue weighted by Gasteiger charge is 2.41. The Bertz CT molecular complexity index is 1080. The van der Waals surface area contributed by atoms with Crippen LogP contribution in [0.2, 0.25) is 0 Å². The summed E-state index contributed by atoms with van der Waals surface area (Å²) >= 11 is 0. The molecule has 0 fully saturated rings. The molecule has 0 bridgehead atoms. The topological polar surface area (TPSA) is 99.8 Å². The van der Waals surface area contributed by atoms with Gasteiger partial charge >= 0.3 is 0 Å². The van der Waals surface area contributed by atoms with Gasteiger partial charge in [-0.05, 0) is 50.6 Å². The maximum atomic E-state index is 14.3. The summed E-state index contributed by atoms with van der Waals surface area (Å²) in [4.78, 5) is 41.0. The van der Waals surface area contributed by atoms with Gasteiger partial charge in [-0.25, -0.2) is 8.78 Å². The van der Waals surface area contributed by atoms with Crippen LogP contribution in [0.15, 0.2) is 42.5 Å². The Kier molecular flexibility index (Phi) is 10.3. The minimum Gasteiger partial charge on any atom is -0.379 e. The molecule has 1 heterocycles. The van der Waals surface area contributed by atoms with Crippen LogP contribution in [0.3, 0.4) is 0 Å². The molecule has 196 valence electrons. The highest BCUT2D eigenvalue weighted by Crippen LogP contribution is 2.32. The van der Waals surface area contributed by atoms with Gasteiger partial charge in [0.2, 0.25) is 11.8 Å². The number of carbonyl (C=O) groups excluding carboxylic acids is 3. The number of hydrogen-bond donors (Lipinski definition) is 3. The number of methoxy groups -OCH3 is 1. The van der Waals surface area contributed by atoms with Gasteiger partial charge in [0.05, 0.1) is 12.1 Å². The summed E-state index contributed by atoms with van der Waals surface area (Å²) < 4.78 is 33.9. The second kappa shape index (κ2) is 12.8. The van der Waals surface area contributed by atoms with Crippen LogP contribution in [0.4, 0.5) is 14.5 Å². The molecule has 0 radical (unpaired) electrons. The highest BCUT2D eigenvalue weighted by molar-refractivity contribution is 6.00. The van der Waals surface area contributed by atoms with E-state index in [2.05, 4.69) is 16.0 Å². The molecule has 0 aromatic heterocycles. The summed E-state index contributed by atoms with van der Waals surface area (Å²) in [6, 6.07) is 7.51. The summed E-state index contributed by atoms with van der Waals surface area (Å²) in [5, 5.41) is 7.82. The van der Waals surface area contributed by atoms with Gasteiger partial charge in [-0.2, -0.15) is 0 Å². The van der Waals surface area contributed by atoms with Crippen molar-refractivity contribution in [2.24, 2.45) is 0 Å². The highest BCUT2D eigenvalue weighted by atomic mass is 35.5. The van der Waals surface area contributed by atoms with E-state index in [1.807, 2.05) is 12.1 Å². The van der Waals surface area contributed by atoms with Crippen LogP contribution in [0.1, 0.15) is 31.0 Å². The zero-order valence-corrected chi connectivity index (χ0v) is 21.3. The smallest absolute Gasteiger partial charge is 0.251 e. The van der Waals surface area contributed by atoms with E-state index in [4.69, 9.17) is 4.74 Å². The molecule has 1 aliphatic heterocycles. The average molecular weight is 525 g/mol. The number of hydrogen-bond acceptors (Lipinski definition) is 5. The summed E-state index contributed by atoms with van der Waals surface area (Å²) in [6.45, 7) is 3.44. The molecule has 36 heavy (non-hydrogen) atoms. The summed E-state index contributed by atoms with van der Waals surface area (Å²) in [7, 11) is 3.03. The Morgan fingerprint density at radius 1 is 1.06 bits per heavy atom. The van der Waals surface area contributed by atoms with E-state index < -0.39 is 59.3 Å². The Labute approximate surface area is 215 Å². The first kappa shape index (κ1) is 29.2. The predicted molar refractivity (Wildman–Crippen MR) is 134 cm³/mol. The van der Waals surface area contributed by atoms with Crippen LogP contribution in [0.25, 0.3) is 0 Å². The number of anilines is 1. The predicted octanol–water partition coefficient (Wildman–Crippen LogP) is 2.58. The van der Waals surface area contributed by atoms with Gasteiger partial charge in [-0.1, -0.05) is 30.3 Å². The third kappa shape index (κ3) is 6.18. The number of carbonyl (C=O) groups is 3. The molecule has 11 heteroatoms. The molecule has 0 saturated heterocycles. The van der Waals surface area contributed by atoms with Crippen molar-refractivity contribution >= 4 is 35.8 Å². The molecular formula is C25H31ClF2N4O4. The van der Waals surface area contributed by atoms with E-state index in [-0.39, 0.29) is 19.0 Å². The molecule has 2 aromatic carbocycles. The van der Waals surface area contributed by atoms with Crippen molar-refractivity contribution in [1.82, 2.24) is 15.5 Å². The van der Waals surface area contributed by atoms with Gasteiger partial charge in [0, 0.05) is 13.7 Å². The van der Waals surface area contributed by atoms with Gasteiger partial charge in [0.25, 0.3) is 5.91 Å². The van der Waals surface area contributed by atoms with E-state index in [1.54, 1.807) is 33.0 Å². The minimum absolute atomic E-state index is 0. The van der Waals surface area contributed by atoms with Crippen molar-refractivity contribution in [3.8, 4) is 0 Å². The van der Waals surface area contributed by atoms with E-state index >= 15 is 0 Å². The van der Waals surface area contributed by atoms with E-state index in [9.17, 15) is 23.2 Å². The molecule has 0 saturated carbocycles. The number of fused-ring (bicyclic) bond motifs is 1. The molecule has 0 spiro atoms. The van der Waals surface area contributed by atoms with E-state index in [1.165, 1.54) is 18.1 Å². The number of rotatable bonds is 8. The molecule has 2 aromatic rings. The number of benzene rings is 2. The Morgan fingerprint density at radius 3 is 2.31 bits per heavy atom. The second-order valence-electron chi connectivity index (χ2n) is 8.41. The van der Waals surface area contributed by atoms with Gasteiger partial charge in [-0.3, -0.25) is 14.4 Å². The lowest BCUT2D eigenvalue weighted by Crippen LogP contribution is -2.59. The molecule has 3 N–H and O–H groups in total. The lowest BCUT2D eigenvalue weighted by Gasteiger charge is -2.39. The number of nitrogens with zero attached hydrogens (tertiary/aromatic N) is 1. The zero-order valence-electron chi connectivity index (χ0n) is 20.5. The molecule has 4 atom stereocenters. The van der Waals surface area contributed by atoms with E-state index in [0.29, 0.717) is 12.0 Å². The largest absolute Gasteiger partial charge is 0.379 e. The molecule has 3 amide bonds. The van der Waals surface area contributed by atoms with Crippen molar-refractivity contribution in [1.29, 1.82) is 0 Å². The fourth-order valence-corrected chi connectivity index (χ4v) is 4.00. The monoisotopic (exact) mass is 524 g/mol. The molecule has 0 aliphatic carbocycles. The van der Waals surface area contributed by atoms with Crippen LogP contribution in [-0.4, -0.2) is 61.5 Å². The lowest BCUT2D eigenvalue weighted by molar-refractivity contribution is -0.146. The summed E-state index contributed by atoms with van der Waals surface area (Å²) in [5.41, 5.74) is 0.792. The molecule has 1 unspecified atom stereocenters. The Hall–Kier alpha value is -3.08. The maximum Gasteiger partial charge on any atom is 0.251 e. The van der Waals surface area contributed by atoms with Crippen molar-refractivity contribution in [2.75, 3.05) is 26.0 Å². The number of para-hydroxylation sites is 1. The standard InChI is InChI=1S/C25H30F2N4O4.ClH/c1-14(28-3)23(32)29-20(15(2)35-4)25(34)31-13-12-16-8-5-6-9-17(16)22(31)24(33)30-21-18(26)10-7-11-19(21)27;/h5-11,14-15,20,22,28H,12-13H2,1-4H3,(H,29,32)(H,30,33);1H/t14?,15-,20+,22+;/m1./s1. The number of likely N-dealkylation sites (N-methyl/N-ethyl adjacent to an activating group) is 1. The molecular weight excluding hydrogens is 494 g/mol. The fourth-order valence-electron chi connectivity index (χ4n) is 4.00. The van der Waals surface area contributed by atoms with Crippen molar-refractivity contribution in [3.05, 3.63) is 65.2 Å². The number of halogens is 3. The third-order valence-corrected chi connectivity index (χ3v) is 6.26. The van der Waals surface area contributed by atoms with Crippen LogP contribution in [0, 0.1) is 11.6 Å². The van der Waals surface area contributed by atoms with Gasteiger partial charge in [-0.15, -0.1) is 12.4 Å². The quantitative estimate of drug-likeness (QED) is 0.493. The first-order valence-corrected chi connectivity index (χ1v) is 11.3. The van der Waals surface area contributed by atoms with Crippen molar-refractivity contribution in [2.45, 2.75) is 44.5 Å². The fraction of sp³-hybridized carbons (Fsp3) is 0.400. The van der Waals surface area contributed by atoms with E-state index in [0.717, 1.165) is 17.7 Å². The summed E-state index contributed by atoms with van der Waals surface area (Å²) in [6.07, 6.45) is -0.241. The van der Waals surface area contributed by atoms with Gasteiger partial charge < -0.3 is 25.6 Å². The SMILES string of the molecule is CNC(C)C(=O)N[C@H](C(=O)N1CCc2ccccc2[C@H]1C(=O)Nc1c(F)cccc1F)[C@@H](C)OC.Cl. The first-order chi connectivity index (χ1) is 16.7. The first-order valence-electron chi connectivity index (χ1n) is 11.3. The molecule has 3 rings (SSSR count). The normalized spacial score (nSPS) is 17.2. The van der Waals surface area contributed by atoms with Crippen LogP contribution < -0.4 is 16.0 Å². The zero-order chi connectivity index (χ0) is 25.7. The number of nitrogens with one attached hydrogen (secondary N) is 3. The van der Waals surface area contributed by atoms with Crippen molar-refractivity contribution < 1.29 is 27.9 Å². The number of ether oxygens (including phenoxy) is 1. The minimum atomic E-state index is -1.17. The second-order valence-corrected chi connectivity index (χ2v) is 8.41.